The molecule has 0 unspecified atom stereocenters. The first-order chi connectivity index (χ1) is 30.2. The maximum atomic E-state index is 14.5. The minimum Gasteiger partial charge on any atom is -0.458 e. The molecule has 3 N–H and O–H groups in total. The lowest BCUT2D eigenvalue weighted by atomic mass is 9.45. The summed E-state index contributed by atoms with van der Waals surface area (Å²) in [5, 5.41) is 27.8. The zero-order valence-electron chi connectivity index (χ0n) is 38.8. The lowest BCUT2D eigenvalue weighted by Crippen LogP contribution is -2.80. The van der Waals surface area contributed by atoms with Crippen LogP contribution in [0.5, 0.6) is 0 Å². The molecule has 15 heteroatoms. The van der Waals surface area contributed by atoms with Crippen molar-refractivity contribution in [3.05, 3.63) is 82.9 Å². The Morgan fingerprint density at radius 3 is 2.14 bits per heavy atom. The lowest BCUT2D eigenvalue weighted by molar-refractivity contribution is -0.357. The summed E-state index contributed by atoms with van der Waals surface area (Å²) in [6.07, 6.45) is -7.06. The monoisotopic (exact) mass is 893 g/mol. The second-order valence-corrected chi connectivity index (χ2v) is 19.4. The van der Waals surface area contributed by atoms with Gasteiger partial charge in [-0.05, 0) is 81.2 Å². The van der Waals surface area contributed by atoms with Crippen LogP contribution in [0.4, 0.5) is 4.79 Å². The van der Waals surface area contributed by atoms with Crippen LogP contribution in [-0.4, -0.2) is 122 Å². The Morgan fingerprint density at radius 1 is 0.922 bits per heavy atom. The number of esters is 3. The Kier molecular flexibility index (Phi) is 15.0. The third-order valence-electron chi connectivity index (χ3n) is 13.9. The SMILES string of the molecule is COCCCCO[C@@H]1C2=C(C)[C@@H](OC(=O)[C@H](O)[C@@H](NC(=O)OC(C)(C)C)c3ccccc3)C[C@@H]([C@@H](OC(=O)c3ccccc3)[C@@H]3[C@]4(OC(C)=O)CO[C@@H]4C[C@H](OC)[C@@]3(C)[C@H]1O)C2(C)C. The Balaban J connectivity index is 1.51. The van der Waals surface area contributed by atoms with Gasteiger partial charge >= 0.3 is 24.0 Å². The first-order valence-electron chi connectivity index (χ1n) is 22.2. The molecule has 1 amide bonds. The van der Waals surface area contributed by atoms with Crippen LogP contribution < -0.4 is 5.32 Å². The number of unbranched alkanes of at least 4 members (excludes halogenated alkanes) is 1. The number of nitrogens with one attached hydrogen (secondary N) is 1. The fraction of sp³-hybridized carbons (Fsp3) is 0.633. The third kappa shape index (κ3) is 9.61. The normalized spacial score (nSPS) is 31.6. The summed E-state index contributed by atoms with van der Waals surface area (Å²) in [7, 11) is 3.18. The number of alkyl carbamates (subject to hydrolysis) is 1. The molecule has 6 rings (SSSR count). The van der Waals surface area contributed by atoms with Crippen molar-refractivity contribution in [3.8, 4) is 0 Å². The van der Waals surface area contributed by atoms with Crippen LogP contribution in [0.25, 0.3) is 0 Å². The van der Waals surface area contributed by atoms with E-state index in [0.29, 0.717) is 36.2 Å². The summed E-state index contributed by atoms with van der Waals surface area (Å²) in [5.74, 6) is -3.90. The van der Waals surface area contributed by atoms with E-state index in [4.69, 9.17) is 37.9 Å². The quantitative estimate of drug-likeness (QED) is 0.0811. The van der Waals surface area contributed by atoms with Crippen LogP contribution in [-0.2, 0) is 47.5 Å². The highest BCUT2D eigenvalue weighted by Crippen LogP contribution is 2.64. The van der Waals surface area contributed by atoms with E-state index in [1.54, 1.807) is 95.7 Å². The predicted octanol–water partition coefficient (Wildman–Crippen LogP) is 6.04. The van der Waals surface area contributed by atoms with E-state index in [-0.39, 0.29) is 31.6 Å². The number of carbonyl (C=O) groups excluding carboxylic acids is 4. The van der Waals surface area contributed by atoms with Crippen LogP contribution in [0, 0.1) is 22.7 Å². The summed E-state index contributed by atoms with van der Waals surface area (Å²) in [5.41, 5.74) is -2.56. The number of ether oxygens (including phenoxy) is 8. The third-order valence-corrected chi connectivity index (χ3v) is 13.9. The maximum Gasteiger partial charge on any atom is 0.408 e. The number of methoxy groups -OCH3 is 2. The highest BCUT2D eigenvalue weighted by atomic mass is 16.6. The van der Waals surface area contributed by atoms with Crippen molar-refractivity contribution in [1.82, 2.24) is 5.32 Å². The zero-order chi connectivity index (χ0) is 46.8. The average molecular weight is 894 g/mol. The molecule has 0 aromatic heterocycles. The second-order valence-electron chi connectivity index (χ2n) is 19.4. The van der Waals surface area contributed by atoms with Crippen LogP contribution in [0.2, 0.25) is 0 Å². The molecule has 4 aliphatic rings. The number of benzene rings is 2. The van der Waals surface area contributed by atoms with Crippen LogP contribution in [0.1, 0.15) is 103 Å². The van der Waals surface area contributed by atoms with E-state index >= 15 is 0 Å². The van der Waals surface area contributed by atoms with Gasteiger partial charge in [0.1, 0.15) is 30.0 Å². The van der Waals surface area contributed by atoms with E-state index < -0.39 is 107 Å². The van der Waals surface area contributed by atoms with Gasteiger partial charge < -0.3 is 53.4 Å². The highest BCUT2D eigenvalue weighted by Gasteiger charge is 2.75. The smallest absolute Gasteiger partial charge is 0.408 e. The molecule has 352 valence electrons. The van der Waals surface area contributed by atoms with Crippen molar-refractivity contribution in [1.29, 1.82) is 0 Å². The fourth-order valence-electron chi connectivity index (χ4n) is 10.9. The van der Waals surface area contributed by atoms with E-state index in [2.05, 4.69) is 5.32 Å². The molecule has 2 saturated carbocycles. The highest BCUT2D eigenvalue weighted by molar-refractivity contribution is 5.89. The summed E-state index contributed by atoms with van der Waals surface area (Å²) in [4.78, 5) is 55.2. The Bertz CT molecular complexity index is 2000. The van der Waals surface area contributed by atoms with Crippen molar-refractivity contribution >= 4 is 24.0 Å². The molecule has 1 saturated heterocycles. The van der Waals surface area contributed by atoms with Crippen molar-refractivity contribution < 1.29 is 67.3 Å². The molecule has 64 heavy (non-hydrogen) atoms. The number of rotatable bonds is 15. The van der Waals surface area contributed by atoms with Gasteiger partial charge in [-0.1, -0.05) is 69.3 Å². The van der Waals surface area contributed by atoms with E-state index in [1.807, 2.05) is 27.7 Å². The van der Waals surface area contributed by atoms with Crippen LogP contribution in [0.15, 0.2) is 71.8 Å². The molecule has 12 atom stereocenters. The fourth-order valence-corrected chi connectivity index (χ4v) is 10.9. The minimum absolute atomic E-state index is 0.0341. The van der Waals surface area contributed by atoms with Gasteiger partial charge in [0.2, 0.25) is 0 Å². The Labute approximate surface area is 376 Å². The molecule has 2 aromatic rings. The van der Waals surface area contributed by atoms with Crippen molar-refractivity contribution in [3.63, 3.8) is 0 Å². The number of aliphatic hydroxyl groups is 2. The summed E-state index contributed by atoms with van der Waals surface area (Å²) >= 11 is 0. The van der Waals surface area contributed by atoms with E-state index in [9.17, 15) is 29.4 Å². The molecule has 1 heterocycles. The Hall–Kier alpha value is -4.38. The van der Waals surface area contributed by atoms with Gasteiger partial charge in [0.15, 0.2) is 11.7 Å². The molecular weight excluding hydrogens is 827 g/mol. The first-order valence-corrected chi connectivity index (χ1v) is 22.2. The second kappa shape index (κ2) is 19.6. The molecule has 0 radical (unpaired) electrons. The molecule has 2 aromatic carbocycles. The largest absolute Gasteiger partial charge is 0.458 e. The van der Waals surface area contributed by atoms with Crippen molar-refractivity contribution in [2.75, 3.05) is 34.0 Å². The molecule has 2 bridgehead atoms. The number of carbonyl (C=O) groups is 4. The molecule has 3 fully saturated rings. The zero-order valence-corrected chi connectivity index (χ0v) is 38.8. The molecular formula is C49H67NO14. The summed E-state index contributed by atoms with van der Waals surface area (Å²) in [6, 6.07) is 15.8. The van der Waals surface area contributed by atoms with Gasteiger partial charge in [0.05, 0.1) is 36.3 Å². The summed E-state index contributed by atoms with van der Waals surface area (Å²) < 4.78 is 49.5. The molecule has 0 spiro atoms. The maximum absolute atomic E-state index is 14.5. The molecule has 3 aliphatic carbocycles. The minimum atomic E-state index is -1.90. The number of hydrogen-bond donors (Lipinski definition) is 3. The summed E-state index contributed by atoms with van der Waals surface area (Å²) in [6.45, 7) is 14.8. The number of fused-ring (bicyclic) bond motifs is 5. The van der Waals surface area contributed by atoms with Gasteiger partial charge in [-0.15, -0.1) is 0 Å². The van der Waals surface area contributed by atoms with E-state index in [1.165, 1.54) is 6.92 Å². The molecule has 1 aliphatic heterocycles. The molecule has 15 nitrogen and oxygen atoms in total. The van der Waals surface area contributed by atoms with E-state index in [0.717, 1.165) is 0 Å². The van der Waals surface area contributed by atoms with Gasteiger partial charge in [-0.2, -0.15) is 0 Å². The van der Waals surface area contributed by atoms with Crippen molar-refractivity contribution in [2.45, 2.75) is 141 Å². The van der Waals surface area contributed by atoms with Gasteiger partial charge in [-0.3, -0.25) is 4.79 Å². The van der Waals surface area contributed by atoms with Crippen LogP contribution in [0.3, 0.4) is 0 Å². The number of amides is 1. The lowest BCUT2D eigenvalue weighted by Gasteiger charge is -2.68. The number of hydrogen-bond acceptors (Lipinski definition) is 14. The standard InChI is InChI=1S/C49H67NO14/c1-28-33(61-44(55)38(52)37(30-19-13-11-14-20-30)50-45(56)64-46(3,4)5)25-32-39(62-43(54)31-21-15-12-16-22-31)41-48(8,34(58-10)26-35-49(41,27-60-35)63-29(2)51)42(53)40(36(28)47(32,6)7)59-24-18-17-23-57-9/h11-16,19-22,32-35,37-42,52-53H,17-18,23-27H2,1-10H3,(H,50,56)/t32-,33-,34-,35+,37-,38+,39+,40+,41-,42-,48+,49-/m0/s1. The first kappa shape index (κ1) is 49.1. The topological polar surface area (TPSA) is 195 Å². The van der Waals surface area contributed by atoms with Crippen LogP contribution >= 0.6 is 0 Å². The predicted molar refractivity (Wildman–Crippen MR) is 233 cm³/mol. The van der Waals surface area contributed by atoms with Crippen molar-refractivity contribution in [2.24, 2.45) is 22.7 Å². The van der Waals surface area contributed by atoms with Gasteiger partial charge in [0.25, 0.3) is 0 Å². The van der Waals surface area contributed by atoms with Gasteiger partial charge in [0, 0.05) is 52.1 Å². The van der Waals surface area contributed by atoms with Gasteiger partial charge in [-0.25, -0.2) is 14.4 Å². The number of aliphatic hydroxyl groups excluding tert-OH is 2. The Morgan fingerprint density at radius 2 is 1.56 bits per heavy atom. The average Bonchev–Trinajstić information content (AvgIpc) is 3.23.